The van der Waals surface area contributed by atoms with Crippen molar-refractivity contribution in [2.24, 2.45) is 0 Å². The van der Waals surface area contributed by atoms with Crippen LogP contribution in [0.15, 0.2) is 48.5 Å². The van der Waals surface area contributed by atoms with Crippen LogP contribution >= 0.6 is 0 Å². The molecule has 0 heterocycles. The monoisotopic (exact) mass is 414 g/mol. The molecule has 2 rings (SSSR count). The Kier molecular flexibility index (Phi) is 7.92. The third-order valence-corrected chi connectivity index (χ3v) is 3.92. The van der Waals surface area contributed by atoms with E-state index in [4.69, 9.17) is 14.2 Å². The molecular weight excluding hydrogens is 392 g/mol. The van der Waals surface area contributed by atoms with Crippen molar-refractivity contribution < 1.29 is 28.7 Å². The molecule has 2 aromatic carbocycles. The summed E-state index contributed by atoms with van der Waals surface area (Å²) in [4.78, 5) is 34.6. The molecule has 2 aromatic rings. The highest BCUT2D eigenvalue weighted by molar-refractivity contribution is 5.98. The van der Waals surface area contributed by atoms with E-state index in [0.717, 1.165) is 0 Å². The summed E-state index contributed by atoms with van der Waals surface area (Å²) < 4.78 is 15.7. The molecule has 1 N–H and O–H groups in total. The molecule has 0 saturated heterocycles. The van der Waals surface area contributed by atoms with Crippen molar-refractivity contribution in [3.8, 4) is 11.5 Å². The Hall–Kier alpha value is -3.88. The van der Waals surface area contributed by atoms with E-state index in [2.05, 4.69) is 5.32 Å². The molecule has 0 spiro atoms. The second-order valence-corrected chi connectivity index (χ2v) is 6.02. The summed E-state index contributed by atoms with van der Waals surface area (Å²) in [7, 11) is 1.51. The number of esters is 1. The van der Waals surface area contributed by atoms with Crippen LogP contribution in [-0.2, 0) is 14.3 Å². The summed E-state index contributed by atoms with van der Waals surface area (Å²) in [5, 5.41) is 13.4. The lowest BCUT2D eigenvalue weighted by atomic mass is 10.2. The number of para-hydroxylation sites is 2. The van der Waals surface area contributed by atoms with E-state index in [-0.39, 0.29) is 11.4 Å². The first-order valence-corrected chi connectivity index (χ1v) is 9.09. The van der Waals surface area contributed by atoms with Crippen LogP contribution in [0.3, 0.4) is 0 Å². The average molecular weight is 414 g/mol. The van der Waals surface area contributed by atoms with Crippen LogP contribution in [0, 0.1) is 10.1 Å². The smallest absolute Gasteiger partial charge is 0.331 e. The van der Waals surface area contributed by atoms with Crippen LogP contribution < -0.4 is 14.8 Å². The molecule has 0 aromatic heterocycles. The highest BCUT2D eigenvalue weighted by atomic mass is 16.6. The van der Waals surface area contributed by atoms with Crippen molar-refractivity contribution >= 4 is 29.3 Å². The van der Waals surface area contributed by atoms with Gasteiger partial charge < -0.3 is 19.5 Å². The van der Waals surface area contributed by atoms with Gasteiger partial charge in [0.25, 0.3) is 11.6 Å². The zero-order valence-corrected chi connectivity index (χ0v) is 16.8. The van der Waals surface area contributed by atoms with Crippen LogP contribution in [0.2, 0.25) is 0 Å². The molecule has 0 aliphatic rings. The second kappa shape index (κ2) is 10.6. The maximum absolute atomic E-state index is 12.2. The normalized spacial score (nSPS) is 11.6. The number of ether oxygens (including phenoxy) is 3. The Balaban J connectivity index is 1.99. The minimum absolute atomic E-state index is 0.0208. The first-order chi connectivity index (χ1) is 14.3. The Bertz CT molecular complexity index is 956. The summed E-state index contributed by atoms with van der Waals surface area (Å²) in [6.07, 6.45) is 1.52. The zero-order chi connectivity index (χ0) is 22.1. The fourth-order valence-corrected chi connectivity index (χ4v) is 2.47. The van der Waals surface area contributed by atoms with Gasteiger partial charge in [-0.1, -0.05) is 18.2 Å². The summed E-state index contributed by atoms with van der Waals surface area (Å²) in [6.45, 7) is 3.72. The van der Waals surface area contributed by atoms with Gasteiger partial charge in [0.1, 0.15) is 5.69 Å². The van der Waals surface area contributed by atoms with Crippen LogP contribution in [0.5, 0.6) is 11.5 Å². The minimum Gasteiger partial charge on any atom is -0.493 e. The molecule has 0 saturated carbocycles. The van der Waals surface area contributed by atoms with Gasteiger partial charge >= 0.3 is 5.97 Å². The quantitative estimate of drug-likeness (QED) is 0.288. The van der Waals surface area contributed by atoms with Gasteiger partial charge in [0.2, 0.25) is 0 Å². The Morgan fingerprint density at radius 2 is 1.93 bits per heavy atom. The Morgan fingerprint density at radius 1 is 1.20 bits per heavy atom. The van der Waals surface area contributed by atoms with E-state index in [0.29, 0.717) is 23.7 Å². The van der Waals surface area contributed by atoms with Crippen molar-refractivity contribution in [2.75, 3.05) is 19.0 Å². The zero-order valence-electron chi connectivity index (χ0n) is 16.8. The van der Waals surface area contributed by atoms with E-state index in [1.165, 1.54) is 44.4 Å². The van der Waals surface area contributed by atoms with Crippen molar-refractivity contribution in [1.82, 2.24) is 0 Å². The fraction of sp³-hybridized carbons (Fsp3) is 0.238. The number of amides is 1. The number of hydrogen-bond acceptors (Lipinski definition) is 7. The molecule has 158 valence electrons. The van der Waals surface area contributed by atoms with Gasteiger partial charge in [0, 0.05) is 12.1 Å². The molecule has 1 unspecified atom stereocenters. The largest absolute Gasteiger partial charge is 0.493 e. The molecule has 0 radical (unpaired) electrons. The van der Waals surface area contributed by atoms with Crippen LogP contribution in [0.4, 0.5) is 11.4 Å². The highest BCUT2D eigenvalue weighted by Crippen LogP contribution is 2.28. The number of nitrogens with zero attached hydrogens (tertiary/aromatic N) is 1. The lowest BCUT2D eigenvalue weighted by molar-refractivity contribution is -0.383. The van der Waals surface area contributed by atoms with Crippen LogP contribution in [-0.4, -0.2) is 36.6 Å². The number of nitro benzene ring substituents is 1. The second-order valence-electron chi connectivity index (χ2n) is 6.02. The number of rotatable bonds is 9. The number of carbonyl (C=O) groups is 2. The molecule has 1 atom stereocenters. The number of carbonyl (C=O) groups excluding carboxylic acids is 2. The number of methoxy groups -OCH3 is 1. The standard InChI is InChI=1S/C21H22N2O7/c1-4-29-18-11-9-15(13-19(18)28-3)10-12-20(24)30-14(2)21(25)22-16-7-5-6-8-17(16)23(26)27/h5-14H,4H2,1-3H3,(H,22,25)/b12-10+. The van der Waals surface area contributed by atoms with Gasteiger partial charge in [-0.3, -0.25) is 14.9 Å². The third-order valence-electron chi connectivity index (χ3n) is 3.92. The predicted octanol–water partition coefficient (Wildman–Crippen LogP) is 3.59. The highest BCUT2D eigenvalue weighted by Gasteiger charge is 2.20. The number of nitro groups is 1. The molecule has 0 aliphatic carbocycles. The number of nitrogens with one attached hydrogen (secondary N) is 1. The van der Waals surface area contributed by atoms with Gasteiger partial charge in [0.15, 0.2) is 17.6 Å². The molecule has 9 nitrogen and oxygen atoms in total. The van der Waals surface area contributed by atoms with Crippen molar-refractivity contribution in [3.63, 3.8) is 0 Å². The van der Waals surface area contributed by atoms with Gasteiger partial charge in [-0.15, -0.1) is 0 Å². The van der Waals surface area contributed by atoms with E-state index in [1.54, 1.807) is 24.3 Å². The number of anilines is 1. The maximum atomic E-state index is 12.2. The van der Waals surface area contributed by atoms with Crippen molar-refractivity contribution in [1.29, 1.82) is 0 Å². The lowest BCUT2D eigenvalue weighted by Gasteiger charge is -2.12. The van der Waals surface area contributed by atoms with Gasteiger partial charge in [-0.2, -0.15) is 0 Å². The van der Waals surface area contributed by atoms with E-state index < -0.39 is 22.9 Å². The summed E-state index contributed by atoms with van der Waals surface area (Å²) in [5.74, 6) is -0.327. The van der Waals surface area contributed by atoms with Gasteiger partial charge in [-0.05, 0) is 43.7 Å². The molecule has 0 fully saturated rings. The van der Waals surface area contributed by atoms with Gasteiger partial charge in [0.05, 0.1) is 18.6 Å². The number of hydrogen-bond donors (Lipinski definition) is 1. The minimum atomic E-state index is -1.16. The first-order valence-electron chi connectivity index (χ1n) is 9.09. The van der Waals surface area contributed by atoms with Crippen LogP contribution in [0.1, 0.15) is 19.4 Å². The number of benzene rings is 2. The van der Waals surface area contributed by atoms with Gasteiger partial charge in [-0.25, -0.2) is 4.79 Å². The maximum Gasteiger partial charge on any atom is 0.331 e. The van der Waals surface area contributed by atoms with Crippen LogP contribution in [0.25, 0.3) is 6.08 Å². The molecule has 0 aliphatic heterocycles. The summed E-state index contributed by atoms with van der Waals surface area (Å²) >= 11 is 0. The fourth-order valence-electron chi connectivity index (χ4n) is 2.47. The molecular formula is C21H22N2O7. The topological polar surface area (TPSA) is 117 Å². The van der Waals surface area contributed by atoms with E-state index >= 15 is 0 Å². The third kappa shape index (κ3) is 6.06. The van der Waals surface area contributed by atoms with E-state index in [9.17, 15) is 19.7 Å². The molecule has 0 bridgehead atoms. The Morgan fingerprint density at radius 3 is 2.60 bits per heavy atom. The predicted molar refractivity (Wildman–Crippen MR) is 110 cm³/mol. The summed E-state index contributed by atoms with van der Waals surface area (Å²) in [5.41, 5.74) is 0.436. The summed E-state index contributed by atoms with van der Waals surface area (Å²) in [6, 6.07) is 10.8. The van der Waals surface area contributed by atoms with Crippen molar-refractivity contribution in [3.05, 3.63) is 64.2 Å². The SMILES string of the molecule is CCOc1ccc(/C=C/C(=O)OC(C)C(=O)Nc2ccccc2[N+](=O)[O-])cc1OC. The first kappa shape index (κ1) is 22.4. The van der Waals surface area contributed by atoms with Crippen molar-refractivity contribution in [2.45, 2.75) is 20.0 Å². The Labute approximate surface area is 173 Å². The lowest BCUT2D eigenvalue weighted by Crippen LogP contribution is -2.29. The molecule has 30 heavy (non-hydrogen) atoms. The average Bonchev–Trinajstić information content (AvgIpc) is 2.73. The van der Waals surface area contributed by atoms with E-state index in [1.807, 2.05) is 6.92 Å². The molecule has 1 amide bonds. The molecule has 9 heteroatoms.